The van der Waals surface area contributed by atoms with E-state index in [0.717, 1.165) is 6.42 Å². The van der Waals surface area contributed by atoms with Crippen molar-refractivity contribution >= 4 is 5.91 Å². The van der Waals surface area contributed by atoms with Gasteiger partial charge in [0.15, 0.2) is 0 Å². The summed E-state index contributed by atoms with van der Waals surface area (Å²) in [6, 6.07) is 1.84. The molecule has 0 spiro atoms. The lowest BCUT2D eigenvalue weighted by molar-refractivity contribution is -0.141. The van der Waals surface area contributed by atoms with Crippen LogP contribution in [0.1, 0.15) is 32.1 Å². The molecule has 0 heterocycles. The molecule has 1 N–H and O–H groups in total. The molecule has 1 fully saturated rings. The first-order chi connectivity index (χ1) is 8.34. The highest BCUT2D eigenvalue weighted by Crippen LogP contribution is 2.36. The Morgan fingerprint density at radius 2 is 1.89 bits per heavy atom. The van der Waals surface area contributed by atoms with Crippen LogP contribution >= 0.6 is 0 Å². The highest BCUT2D eigenvalue weighted by atomic mass is 19.3. The van der Waals surface area contributed by atoms with E-state index in [1.54, 1.807) is 5.32 Å². The molecular formula is C11H14F4N2O. The molecule has 18 heavy (non-hydrogen) atoms. The van der Waals surface area contributed by atoms with E-state index in [2.05, 4.69) is 0 Å². The van der Waals surface area contributed by atoms with Gasteiger partial charge in [-0.2, -0.15) is 14.0 Å². The number of nitrogens with zero attached hydrogens (tertiary/aromatic N) is 1. The first kappa shape index (κ1) is 14.7. The third kappa shape index (κ3) is 3.12. The molecular weight excluding hydrogens is 252 g/mol. The van der Waals surface area contributed by atoms with Gasteiger partial charge in [0.25, 0.3) is 0 Å². The van der Waals surface area contributed by atoms with Gasteiger partial charge in [-0.1, -0.05) is 19.3 Å². The number of hydrogen-bond donors (Lipinski definition) is 1. The molecule has 1 rings (SSSR count). The molecule has 0 atom stereocenters. The van der Waals surface area contributed by atoms with Crippen LogP contribution in [0.5, 0.6) is 0 Å². The average Bonchev–Trinajstić information content (AvgIpc) is 2.36. The van der Waals surface area contributed by atoms with Crippen LogP contribution in [0.4, 0.5) is 17.6 Å². The van der Waals surface area contributed by atoms with Crippen LogP contribution in [-0.2, 0) is 4.79 Å². The largest absolute Gasteiger partial charge is 0.348 e. The predicted molar refractivity (Wildman–Crippen MR) is 55.1 cm³/mol. The summed E-state index contributed by atoms with van der Waals surface area (Å²) in [6.45, 7) is -1.44. The Balaban J connectivity index is 2.62. The molecule has 0 aromatic rings. The maximum absolute atomic E-state index is 12.7. The van der Waals surface area contributed by atoms with Gasteiger partial charge in [-0.05, 0) is 12.8 Å². The van der Waals surface area contributed by atoms with Gasteiger partial charge < -0.3 is 5.32 Å². The Morgan fingerprint density at radius 1 is 1.33 bits per heavy atom. The zero-order valence-corrected chi connectivity index (χ0v) is 9.69. The number of alkyl halides is 4. The summed E-state index contributed by atoms with van der Waals surface area (Å²) in [5.41, 5.74) is -1.34. The maximum Gasteiger partial charge on any atom is 0.324 e. The first-order valence-electron chi connectivity index (χ1n) is 5.70. The normalized spacial score (nSPS) is 19.3. The van der Waals surface area contributed by atoms with Gasteiger partial charge in [-0.3, -0.25) is 4.79 Å². The van der Waals surface area contributed by atoms with E-state index in [9.17, 15) is 22.4 Å². The van der Waals surface area contributed by atoms with E-state index in [1.165, 1.54) is 0 Å². The third-order valence-electron chi connectivity index (χ3n) is 3.16. The van der Waals surface area contributed by atoms with Gasteiger partial charge in [-0.25, -0.2) is 8.78 Å². The molecule has 1 saturated carbocycles. The molecule has 0 aromatic carbocycles. The van der Waals surface area contributed by atoms with Crippen LogP contribution in [0.25, 0.3) is 0 Å². The SMILES string of the molecule is N#CC1(C(=O)NCC(F)(F)C(F)F)CCCCC1. The van der Waals surface area contributed by atoms with Crippen LogP contribution in [-0.4, -0.2) is 24.8 Å². The molecule has 1 aliphatic rings. The lowest BCUT2D eigenvalue weighted by Crippen LogP contribution is -2.47. The Hall–Kier alpha value is -1.32. The molecule has 3 nitrogen and oxygen atoms in total. The van der Waals surface area contributed by atoms with Gasteiger partial charge in [-0.15, -0.1) is 0 Å². The van der Waals surface area contributed by atoms with Crippen molar-refractivity contribution in [3.05, 3.63) is 0 Å². The number of carbonyl (C=O) groups is 1. The minimum absolute atomic E-state index is 0.287. The fourth-order valence-electron chi connectivity index (χ4n) is 1.99. The van der Waals surface area contributed by atoms with E-state index in [1.807, 2.05) is 6.07 Å². The lowest BCUT2D eigenvalue weighted by atomic mass is 9.74. The number of nitrogens with one attached hydrogen (secondary N) is 1. The van der Waals surface area contributed by atoms with E-state index >= 15 is 0 Å². The standard InChI is InChI=1S/C11H14F4N2O/c12-8(13)11(14,15)7-17-9(18)10(6-16)4-2-1-3-5-10/h8H,1-5,7H2,(H,17,18). The van der Waals surface area contributed by atoms with E-state index in [4.69, 9.17) is 5.26 Å². The number of amides is 1. The van der Waals surface area contributed by atoms with Crippen molar-refractivity contribution < 1.29 is 22.4 Å². The molecule has 7 heteroatoms. The van der Waals surface area contributed by atoms with Crippen LogP contribution in [0, 0.1) is 16.7 Å². The summed E-state index contributed by atoms with van der Waals surface area (Å²) >= 11 is 0. The van der Waals surface area contributed by atoms with Gasteiger partial charge in [0, 0.05) is 0 Å². The molecule has 0 aliphatic heterocycles. The minimum Gasteiger partial charge on any atom is -0.348 e. The third-order valence-corrected chi connectivity index (χ3v) is 3.16. The van der Waals surface area contributed by atoms with Crippen molar-refractivity contribution in [1.82, 2.24) is 5.32 Å². The Bertz CT molecular complexity index is 345. The highest BCUT2D eigenvalue weighted by molar-refractivity contribution is 5.85. The summed E-state index contributed by atoms with van der Waals surface area (Å²) in [6.07, 6.45) is -1.06. The zero-order valence-electron chi connectivity index (χ0n) is 9.69. The molecule has 0 saturated heterocycles. The molecule has 102 valence electrons. The predicted octanol–water partition coefficient (Wildman–Crippen LogP) is 2.48. The van der Waals surface area contributed by atoms with Crippen molar-refractivity contribution in [2.24, 2.45) is 5.41 Å². The van der Waals surface area contributed by atoms with Crippen LogP contribution in [0.2, 0.25) is 0 Å². The Morgan fingerprint density at radius 3 is 2.33 bits per heavy atom. The molecule has 0 aromatic heterocycles. The van der Waals surface area contributed by atoms with Gasteiger partial charge in [0.2, 0.25) is 5.91 Å². The first-order valence-corrected chi connectivity index (χ1v) is 5.70. The zero-order chi connectivity index (χ0) is 13.8. The van der Waals surface area contributed by atoms with E-state index in [0.29, 0.717) is 12.8 Å². The van der Waals surface area contributed by atoms with Gasteiger partial charge >= 0.3 is 12.3 Å². The topological polar surface area (TPSA) is 52.9 Å². The molecule has 0 radical (unpaired) electrons. The molecule has 0 bridgehead atoms. The second kappa shape index (κ2) is 5.55. The summed E-state index contributed by atoms with van der Waals surface area (Å²) in [7, 11) is 0. The number of hydrogen-bond acceptors (Lipinski definition) is 2. The molecule has 0 unspecified atom stereocenters. The Labute approximate surface area is 102 Å². The number of rotatable bonds is 4. The number of carbonyl (C=O) groups excluding carboxylic acids is 1. The summed E-state index contributed by atoms with van der Waals surface area (Å²) < 4.78 is 49.1. The van der Waals surface area contributed by atoms with Crippen molar-refractivity contribution in [3.63, 3.8) is 0 Å². The van der Waals surface area contributed by atoms with Crippen molar-refractivity contribution in [2.45, 2.75) is 44.5 Å². The van der Waals surface area contributed by atoms with E-state index < -0.39 is 30.2 Å². The average molecular weight is 266 g/mol. The lowest BCUT2D eigenvalue weighted by Gasteiger charge is -2.29. The fraction of sp³-hybridized carbons (Fsp3) is 0.818. The number of halogens is 4. The molecule has 1 aliphatic carbocycles. The molecule has 1 amide bonds. The summed E-state index contributed by atoms with van der Waals surface area (Å²) in [5.74, 6) is -5.13. The smallest absolute Gasteiger partial charge is 0.324 e. The minimum atomic E-state index is -4.26. The monoisotopic (exact) mass is 266 g/mol. The van der Waals surface area contributed by atoms with Crippen LogP contribution in [0.15, 0.2) is 0 Å². The van der Waals surface area contributed by atoms with Crippen molar-refractivity contribution in [2.75, 3.05) is 6.54 Å². The van der Waals surface area contributed by atoms with Gasteiger partial charge in [0.1, 0.15) is 5.41 Å². The summed E-state index contributed by atoms with van der Waals surface area (Å²) in [5, 5.41) is 10.8. The van der Waals surface area contributed by atoms with Crippen molar-refractivity contribution in [3.8, 4) is 6.07 Å². The van der Waals surface area contributed by atoms with Gasteiger partial charge in [0.05, 0.1) is 12.6 Å². The number of nitriles is 1. The fourth-order valence-corrected chi connectivity index (χ4v) is 1.99. The van der Waals surface area contributed by atoms with Crippen molar-refractivity contribution in [1.29, 1.82) is 5.26 Å². The second-order valence-corrected chi connectivity index (χ2v) is 4.50. The maximum atomic E-state index is 12.7. The summed E-state index contributed by atoms with van der Waals surface area (Å²) in [4.78, 5) is 11.7. The second-order valence-electron chi connectivity index (χ2n) is 4.50. The van der Waals surface area contributed by atoms with Crippen LogP contribution in [0.3, 0.4) is 0 Å². The quantitative estimate of drug-likeness (QED) is 0.795. The van der Waals surface area contributed by atoms with Crippen LogP contribution < -0.4 is 5.32 Å². The Kier molecular flexibility index (Phi) is 4.54. The highest BCUT2D eigenvalue weighted by Gasteiger charge is 2.44. The van der Waals surface area contributed by atoms with E-state index in [-0.39, 0.29) is 12.8 Å².